The van der Waals surface area contributed by atoms with Gasteiger partial charge in [0, 0.05) is 11.6 Å². The summed E-state index contributed by atoms with van der Waals surface area (Å²) in [5, 5.41) is 0.593. The molecule has 1 heterocycles. The molecule has 0 aliphatic rings. The van der Waals surface area contributed by atoms with Crippen molar-refractivity contribution in [3.8, 4) is 0 Å². The zero-order valence-electron chi connectivity index (χ0n) is 11.2. The normalized spacial score (nSPS) is 14.1. The van der Waals surface area contributed by atoms with Gasteiger partial charge in [-0.15, -0.1) is 11.6 Å². The average molecular weight is 285 g/mol. The summed E-state index contributed by atoms with van der Waals surface area (Å²) in [6.45, 7) is 9.45. The van der Waals surface area contributed by atoms with Crippen LogP contribution in [0.2, 0.25) is 5.02 Å². The van der Waals surface area contributed by atoms with Crippen LogP contribution in [-0.4, -0.2) is 9.55 Å². The van der Waals surface area contributed by atoms with Crippen LogP contribution in [0.1, 0.15) is 38.9 Å². The van der Waals surface area contributed by atoms with E-state index in [1.165, 1.54) is 0 Å². The van der Waals surface area contributed by atoms with E-state index in [4.69, 9.17) is 23.2 Å². The summed E-state index contributed by atoms with van der Waals surface area (Å²) in [6.07, 6.45) is 0. The van der Waals surface area contributed by atoms with E-state index in [0.717, 1.165) is 23.4 Å². The van der Waals surface area contributed by atoms with E-state index in [9.17, 15) is 0 Å². The van der Waals surface area contributed by atoms with E-state index in [0.29, 0.717) is 5.02 Å². The molecule has 0 aliphatic carbocycles. The first-order valence-corrected chi connectivity index (χ1v) is 6.89. The second kappa shape index (κ2) is 4.75. The van der Waals surface area contributed by atoms with Gasteiger partial charge in [-0.1, -0.05) is 32.4 Å². The summed E-state index contributed by atoms with van der Waals surface area (Å²) in [5.74, 6) is 0.906. The van der Waals surface area contributed by atoms with Crippen molar-refractivity contribution >= 4 is 34.2 Å². The summed E-state index contributed by atoms with van der Waals surface area (Å²) < 4.78 is 2.20. The third-order valence-electron chi connectivity index (χ3n) is 2.73. The second-order valence-corrected chi connectivity index (χ2v) is 6.96. The number of fused-ring (bicyclic) bond motifs is 1. The lowest BCUT2D eigenvalue weighted by molar-refractivity contribution is 0.343. The van der Waals surface area contributed by atoms with Gasteiger partial charge in [0.05, 0.1) is 16.4 Å². The Balaban J connectivity index is 2.63. The van der Waals surface area contributed by atoms with Crippen LogP contribution >= 0.6 is 23.2 Å². The van der Waals surface area contributed by atoms with Gasteiger partial charge in [-0.3, -0.25) is 0 Å². The molecule has 1 aromatic carbocycles. The fraction of sp³-hybridized carbons (Fsp3) is 0.500. The highest BCUT2D eigenvalue weighted by Crippen LogP contribution is 2.29. The number of aromatic nitrogens is 2. The van der Waals surface area contributed by atoms with E-state index in [1.807, 2.05) is 25.1 Å². The number of imidazole rings is 1. The van der Waals surface area contributed by atoms with Gasteiger partial charge >= 0.3 is 0 Å². The third kappa shape index (κ3) is 2.81. The Hall–Kier alpha value is -0.730. The van der Waals surface area contributed by atoms with Crippen molar-refractivity contribution in [3.63, 3.8) is 0 Å². The molecule has 0 spiro atoms. The van der Waals surface area contributed by atoms with Crippen LogP contribution in [0.25, 0.3) is 11.0 Å². The largest absolute Gasteiger partial charge is 0.326 e. The molecule has 0 radical (unpaired) electrons. The summed E-state index contributed by atoms with van der Waals surface area (Å²) >= 11 is 12.2. The van der Waals surface area contributed by atoms with Crippen LogP contribution in [0.15, 0.2) is 18.2 Å². The highest BCUT2D eigenvalue weighted by atomic mass is 35.5. The Kier molecular flexibility index (Phi) is 3.61. The summed E-state index contributed by atoms with van der Waals surface area (Å²) in [7, 11) is 0. The zero-order chi connectivity index (χ0) is 13.5. The Morgan fingerprint density at radius 1 is 1.33 bits per heavy atom. The molecule has 0 amide bonds. The Labute approximate surface area is 118 Å². The van der Waals surface area contributed by atoms with Crippen LogP contribution in [0.3, 0.4) is 0 Å². The van der Waals surface area contributed by atoms with Crippen molar-refractivity contribution in [3.05, 3.63) is 29.0 Å². The molecule has 98 valence electrons. The predicted octanol–water partition coefficient (Wildman–Crippen LogP) is 5.04. The molecule has 0 bridgehead atoms. The topological polar surface area (TPSA) is 17.8 Å². The minimum Gasteiger partial charge on any atom is -0.326 e. The lowest BCUT2D eigenvalue weighted by atomic mass is 9.96. The van der Waals surface area contributed by atoms with Crippen LogP contribution in [-0.2, 0) is 6.54 Å². The van der Waals surface area contributed by atoms with Crippen molar-refractivity contribution < 1.29 is 0 Å². The molecule has 18 heavy (non-hydrogen) atoms. The molecule has 1 atom stereocenters. The number of nitrogens with zero attached hydrogens (tertiary/aromatic N) is 2. The first kappa shape index (κ1) is 13.7. The number of halogens is 2. The third-order valence-corrected chi connectivity index (χ3v) is 3.16. The number of hydrogen-bond donors (Lipinski definition) is 0. The fourth-order valence-electron chi connectivity index (χ4n) is 2.07. The van der Waals surface area contributed by atoms with Gasteiger partial charge in [0.2, 0.25) is 0 Å². The van der Waals surface area contributed by atoms with Crippen LogP contribution in [0.4, 0.5) is 0 Å². The van der Waals surface area contributed by atoms with Crippen LogP contribution in [0.5, 0.6) is 0 Å². The SMILES string of the molecule is CC(Cl)c1nc2cc(Cl)ccc2n1CC(C)(C)C. The Morgan fingerprint density at radius 3 is 2.56 bits per heavy atom. The van der Waals surface area contributed by atoms with Gasteiger partial charge in [0.15, 0.2) is 0 Å². The fourth-order valence-corrected chi connectivity index (χ4v) is 2.40. The maximum absolute atomic E-state index is 6.23. The summed E-state index contributed by atoms with van der Waals surface area (Å²) in [5.41, 5.74) is 2.18. The Morgan fingerprint density at radius 2 is 2.00 bits per heavy atom. The average Bonchev–Trinajstić information content (AvgIpc) is 2.54. The van der Waals surface area contributed by atoms with Gasteiger partial charge < -0.3 is 4.57 Å². The smallest absolute Gasteiger partial charge is 0.127 e. The zero-order valence-corrected chi connectivity index (χ0v) is 12.7. The van der Waals surface area contributed by atoms with E-state index in [2.05, 4.69) is 30.3 Å². The molecule has 2 nitrogen and oxygen atoms in total. The molecule has 0 fully saturated rings. The van der Waals surface area contributed by atoms with E-state index < -0.39 is 0 Å². The standard InChI is InChI=1S/C14H18Cl2N2/c1-9(15)13-17-11-7-10(16)5-6-12(11)18(13)8-14(2,3)4/h5-7,9H,8H2,1-4H3. The summed E-state index contributed by atoms with van der Waals surface area (Å²) in [4.78, 5) is 4.60. The lowest BCUT2D eigenvalue weighted by Gasteiger charge is -2.21. The first-order chi connectivity index (χ1) is 8.28. The molecule has 4 heteroatoms. The molecule has 2 rings (SSSR count). The van der Waals surface area contributed by atoms with Crippen molar-refractivity contribution in [1.29, 1.82) is 0 Å². The van der Waals surface area contributed by atoms with Gasteiger partial charge in [-0.25, -0.2) is 4.98 Å². The lowest BCUT2D eigenvalue weighted by Crippen LogP contribution is -2.17. The molecular formula is C14H18Cl2N2. The van der Waals surface area contributed by atoms with Crippen LogP contribution < -0.4 is 0 Å². The predicted molar refractivity (Wildman–Crippen MR) is 78.5 cm³/mol. The van der Waals surface area contributed by atoms with Gasteiger partial charge in [0.1, 0.15) is 5.82 Å². The molecular weight excluding hydrogens is 267 g/mol. The molecule has 0 saturated heterocycles. The molecule has 1 aromatic heterocycles. The van der Waals surface area contributed by atoms with Crippen molar-refractivity contribution in [2.24, 2.45) is 5.41 Å². The van der Waals surface area contributed by atoms with E-state index in [-0.39, 0.29) is 10.8 Å². The minimum atomic E-state index is -0.112. The second-order valence-electron chi connectivity index (χ2n) is 5.87. The van der Waals surface area contributed by atoms with E-state index in [1.54, 1.807) is 0 Å². The van der Waals surface area contributed by atoms with Gasteiger partial charge in [-0.2, -0.15) is 0 Å². The first-order valence-electron chi connectivity index (χ1n) is 6.08. The van der Waals surface area contributed by atoms with Crippen molar-refractivity contribution in [2.45, 2.75) is 39.6 Å². The quantitative estimate of drug-likeness (QED) is 0.707. The van der Waals surface area contributed by atoms with E-state index >= 15 is 0 Å². The molecule has 2 aromatic rings. The molecule has 1 unspecified atom stereocenters. The summed E-state index contributed by atoms with van der Waals surface area (Å²) in [6, 6.07) is 5.80. The number of hydrogen-bond acceptors (Lipinski definition) is 1. The highest BCUT2D eigenvalue weighted by Gasteiger charge is 2.19. The molecule has 0 saturated carbocycles. The maximum atomic E-state index is 6.23. The number of rotatable bonds is 2. The molecule has 0 aliphatic heterocycles. The Bertz CT molecular complexity index is 565. The minimum absolute atomic E-state index is 0.112. The molecule has 0 N–H and O–H groups in total. The van der Waals surface area contributed by atoms with Gasteiger partial charge in [-0.05, 0) is 30.5 Å². The number of alkyl halides is 1. The van der Waals surface area contributed by atoms with Crippen LogP contribution in [0, 0.1) is 5.41 Å². The van der Waals surface area contributed by atoms with Crippen molar-refractivity contribution in [2.75, 3.05) is 0 Å². The monoisotopic (exact) mass is 284 g/mol. The maximum Gasteiger partial charge on any atom is 0.127 e. The number of benzene rings is 1. The van der Waals surface area contributed by atoms with Crippen molar-refractivity contribution in [1.82, 2.24) is 9.55 Å². The van der Waals surface area contributed by atoms with Gasteiger partial charge in [0.25, 0.3) is 0 Å². The highest BCUT2D eigenvalue weighted by molar-refractivity contribution is 6.31.